The number of hydrogen-bond donors (Lipinski definition) is 2. The van der Waals surface area contributed by atoms with Crippen molar-refractivity contribution in [2.75, 3.05) is 20.7 Å². The largest absolute Gasteiger partial charge is 0.497 e. The number of ether oxygens (including phenoxy) is 1. The van der Waals surface area contributed by atoms with Crippen LogP contribution in [0.5, 0.6) is 5.75 Å². The van der Waals surface area contributed by atoms with Gasteiger partial charge >= 0.3 is 6.03 Å². The Kier molecular flexibility index (Phi) is 4.90. The average Bonchev–Trinajstić information content (AvgIpc) is 3.39. The van der Waals surface area contributed by atoms with Crippen molar-refractivity contribution in [3.63, 3.8) is 0 Å². The van der Waals surface area contributed by atoms with Gasteiger partial charge in [0.05, 0.1) is 19.3 Å². The second-order valence-corrected chi connectivity index (χ2v) is 6.91. The van der Waals surface area contributed by atoms with E-state index in [9.17, 15) is 9.90 Å². The first-order valence-electron chi connectivity index (χ1n) is 8.67. The highest BCUT2D eigenvalue weighted by molar-refractivity contribution is 5.84. The van der Waals surface area contributed by atoms with Gasteiger partial charge in [0.25, 0.3) is 0 Å². The minimum Gasteiger partial charge on any atom is -0.497 e. The van der Waals surface area contributed by atoms with Crippen molar-refractivity contribution in [1.82, 2.24) is 10.2 Å². The first kappa shape index (κ1) is 17.6. The molecule has 1 saturated carbocycles. The fourth-order valence-electron chi connectivity index (χ4n) is 3.11. The average molecular weight is 346 g/mol. The van der Waals surface area contributed by atoms with E-state index in [4.69, 9.17) is 9.15 Å². The minimum absolute atomic E-state index is 0.218. The lowest BCUT2D eigenvalue weighted by molar-refractivity contribution is 0.112. The summed E-state index contributed by atoms with van der Waals surface area (Å²) in [5.74, 6) is 1.85. The summed E-state index contributed by atoms with van der Waals surface area (Å²) in [5.41, 5.74) is 1.76. The number of aliphatic hydroxyl groups excluding tert-OH is 1. The van der Waals surface area contributed by atoms with Gasteiger partial charge in [-0.15, -0.1) is 0 Å². The van der Waals surface area contributed by atoms with Gasteiger partial charge in [-0.25, -0.2) is 4.79 Å². The van der Waals surface area contributed by atoms with Crippen molar-refractivity contribution in [1.29, 1.82) is 0 Å². The number of urea groups is 1. The molecule has 1 aromatic carbocycles. The smallest absolute Gasteiger partial charge is 0.317 e. The molecule has 0 bridgehead atoms. The van der Waals surface area contributed by atoms with E-state index in [1.165, 1.54) is 4.90 Å². The number of nitrogens with zero attached hydrogens (tertiary/aromatic N) is 1. The second kappa shape index (κ2) is 6.96. The lowest BCUT2D eigenvalue weighted by Gasteiger charge is -2.23. The molecule has 1 aromatic heterocycles. The molecule has 25 heavy (non-hydrogen) atoms. The summed E-state index contributed by atoms with van der Waals surface area (Å²) in [5, 5.41) is 13.9. The van der Waals surface area contributed by atoms with Crippen molar-refractivity contribution < 1.29 is 19.1 Å². The SMILES string of the molecule is COc1ccc2oc(C(C)NC(=O)N(C)CC(O)C3CC3)c(C)c2c1. The summed E-state index contributed by atoms with van der Waals surface area (Å²) in [6.07, 6.45) is 1.66. The maximum atomic E-state index is 12.4. The molecule has 1 aliphatic rings. The van der Waals surface area contributed by atoms with Crippen molar-refractivity contribution in [2.45, 2.75) is 38.8 Å². The summed E-state index contributed by atoms with van der Waals surface area (Å²) in [7, 11) is 3.33. The van der Waals surface area contributed by atoms with Gasteiger partial charge in [-0.2, -0.15) is 0 Å². The van der Waals surface area contributed by atoms with Crippen molar-refractivity contribution in [2.24, 2.45) is 5.92 Å². The summed E-state index contributed by atoms with van der Waals surface area (Å²) in [6, 6.07) is 5.17. The number of carbonyl (C=O) groups is 1. The van der Waals surface area contributed by atoms with Gasteiger partial charge in [-0.05, 0) is 50.8 Å². The number of aliphatic hydroxyl groups is 1. The summed E-state index contributed by atoms with van der Waals surface area (Å²) >= 11 is 0. The Morgan fingerprint density at radius 3 is 2.84 bits per heavy atom. The van der Waals surface area contributed by atoms with Crippen molar-refractivity contribution >= 4 is 17.0 Å². The Bertz CT molecular complexity index is 766. The number of rotatable bonds is 6. The number of likely N-dealkylation sites (N-methyl/N-ethyl adjacent to an activating group) is 1. The molecule has 2 aromatic rings. The molecule has 0 saturated heterocycles. The number of aryl methyl sites for hydroxylation is 1. The number of carbonyl (C=O) groups excluding carboxylic acids is 1. The van der Waals surface area contributed by atoms with Gasteiger partial charge in [0, 0.05) is 24.5 Å². The highest BCUT2D eigenvalue weighted by Crippen LogP contribution is 2.33. The Morgan fingerprint density at radius 1 is 1.48 bits per heavy atom. The second-order valence-electron chi connectivity index (χ2n) is 6.91. The summed E-state index contributed by atoms with van der Waals surface area (Å²) in [4.78, 5) is 13.9. The molecule has 3 rings (SSSR count). The number of amides is 2. The van der Waals surface area contributed by atoms with Crippen LogP contribution in [0.15, 0.2) is 22.6 Å². The van der Waals surface area contributed by atoms with Crippen LogP contribution in [0.4, 0.5) is 4.79 Å². The molecule has 0 aliphatic heterocycles. The molecule has 6 nitrogen and oxygen atoms in total. The van der Waals surface area contributed by atoms with Gasteiger partial charge in [0.2, 0.25) is 0 Å². The van der Waals surface area contributed by atoms with E-state index < -0.39 is 6.10 Å². The Hall–Kier alpha value is -2.21. The molecule has 1 fully saturated rings. The minimum atomic E-state index is -0.438. The zero-order valence-corrected chi connectivity index (χ0v) is 15.2. The summed E-state index contributed by atoms with van der Waals surface area (Å²) < 4.78 is 11.2. The molecule has 1 aliphatic carbocycles. The van der Waals surface area contributed by atoms with E-state index >= 15 is 0 Å². The van der Waals surface area contributed by atoms with Gasteiger partial charge in [0.15, 0.2) is 0 Å². The lowest BCUT2D eigenvalue weighted by atomic mass is 10.1. The number of nitrogens with one attached hydrogen (secondary N) is 1. The van der Waals surface area contributed by atoms with Gasteiger partial charge < -0.3 is 24.5 Å². The Labute approximate surface area is 147 Å². The third-order valence-corrected chi connectivity index (χ3v) is 4.89. The first-order chi connectivity index (χ1) is 11.9. The molecule has 0 spiro atoms. The van der Waals surface area contributed by atoms with E-state index in [1.807, 2.05) is 32.0 Å². The molecule has 2 N–H and O–H groups in total. The van der Waals surface area contributed by atoms with Crippen molar-refractivity contribution in [3.8, 4) is 5.75 Å². The van der Waals surface area contributed by atoms with Crippen molar-refractivity contribution in [3.05, 3.63) is 29.5 Å². The Morgan fingerprint density at radius 2 is 2.20 bits per heavy atom. The molecule has 1 heterocycles. The monoisotopic (exact) mass is 346 g/mol. The normalized spacial score (nSPS) is 16.5. The summed E-state index contributed by atoms with van der Waals surface area (Å²) in [6.45, 7) is 4.22. The molecule has 2 unspecified atom stereocenters. The highest BCUT2D eigenvalue weighted by atomic mass is 16.5. The van der Waals surface area contributed by atoms with Gasteiger partial charge in [0.1, 0.15) is 17.1 Å². The lowest BCUT2D eigenvalue weighted by Crippen LogP contribution is -2.42. The van der Waals surface area contributed by atoms with Crippen LogP contribution in [0, 0.1) is 12.8 Å². The number of furan rings is 1. The fourth-order valence-corrected chi connectivity index (χ4v) is 3.11. The van der Waals surface area contributed by atoms with E-state index in [0.717, 1.165) is 40.9 Å². The topological polar surface area (TPSA) is 74.9 Å². The predicted molar refractivity (Wildman–Crippen MR) is 95.8 cm³/mol. The zero-order chi connectivity index (χ0) is 18.1. The van der Waals surface area contributed by atoms with Crippen LogP contribution < -0.4 is 10.1 Å². The fraction of sp³-hybridized carbons (Fsp3) is 0.526. The number of hydrogen-bond acceptors (Lipinski definition) is 4. The maximum absolute atomic E-state index is 12.4. The molecule has 2 amide bonds. The third-order valence-electron chi connectivity index (χ3n) is 4.89. The highest BCUT2D eigenvalue weighted by Gasteiger charge is 2.31. The standard InChI is InChI=1S/C19H26N2O4/c1-11-15-9-14(24-4)7-8-17(15)25-18(11)12(2)20-19(23)21(3)10-16(22)13-5-6-13/h7-9,12-13,16,22H,5-6,10H2,1-4H3,(H,20,23). The van der Waals surface area contributed by atoms with Gasteiger partial charge in [-0.1, -0.05) is 0 Å². The van der Waals surface area contributed by atoms with Crippen LogP contribution in [0.1, 0.15) is 37.1 Å². The van der Waals surface area contributed by atoms with Crippen LogP contribution in [-0.2, 0) is 0 Å². The van der Waals surface area contributed by atoms with Crippen LogP contribution in [0.3, 0.4) is 0 Å². The number of fused-ring (bicyclic) bond motifs is 1. The molecule has 0 radical (unpaired) electrons. The van der Waals surface area contributed by atoms with Crippen LogP contribution in [0.2, 0.25) is 0 Å². The molecular formula is C19H26N2O4. The van der Waals surface area contributed by atoms with E-state index in [2.05, 4.69) is 5.32 Å². The Balaban J connectivity index is 1.69. The molecular weight excluding hydrogens is 320 g/mol. The van der Waals surface area contributed by atoms with Crippen LogP contribution in [-0.4, -0.2) is 42.8 Å². The van der Waals surface area contributed by atoms with Crippen LogP contribution in [0.25, 0.3) is 11.0 Å². The predicted octanol–water partition coefficient (Wildman–Crippen LogP) is 3.22. The maximum Gasteiger partial charge on any atom is 0.317 e. The molecule has 6 heteroatoms. The number of methoxy groups -OCH3 is 1. The first-order valence-corrected chi connectivity index (χ1v) is 8.67. The van der Waals surface area contributed by atoms with E-state index in [1.54, 1.807) is 14.2 Å². The molecule has 136 valence electrons. The quantitative estimate of drug-likeness (QED) is 0.842. The van der Waals surface area contributed by atoms with E-state index in [0.29, 0.717) is 12.5 Å². The van der Waals surface area contributed by atoms with Crippen LogP contribution >= 0.6 is 0 Å². The van der Waals surface area contributed by atoms with E-state index in [-0.39, 0.29) is 12.1 Å². The third kappa shape index (κ3) is 3.74. The molecule has 2 atom stereocenters. The number of benzene rings is 1. The van der Waals surface area contributed by atoms with Gasteiger partial charge in [-0.3, -0.25) is 0 Å². The zero-order valence-electron chi connectivity index (χ0n) is 15.2.